The van der Waals surface area contributed by atoms with E-state index in [1.54, 1.807) is 4.90 Å². The molecule has 2 aromatic rings. The Morgan fingerprint density at radius 1 is 1.22 bits per heavy atom. The fourth-order valence-electron chi connectivity index (χ4n) is 2.24. The highest BCUT2D eigenvalue weighted by Gasteiger charge is 2.25. The van der Waals surface area contributed by atoms with Crippen LogP contribution in [0.1, 0.15) is 15.9 Å². The summed E-state index contributed by atoms with van der Waals surface area (Å²) in [6.45, 7) is 1.12. The Morgan fingerprint density at radius 3 is 2.70 bits per heavy atom. The number of hydrogen-bond acceptors (Lipinski definition) is 3. The van der Waals surface area contributed by atoms with Crippen LogP contribution in [0.2, 0.25) is 5.02 Å². The monoisotopic (exact) mass is 348 g/mol. The standard InChI is InChI=1S/C17H14ClFN2OS/c18-15-4-2-1-3-13(15)11-23-17-20-9-10-21(17)16(22)12-5-7-14(19)8-6-12/h1-8H,9-11H2. The van der Waals surface area contributed by atoms with Gasteiger partial charge in [-0.05, 0) is 35.9 Å². The second-order valence-corrected chi connectivity index (χ2v) is 6.36. The van der Waals surface area contributed by atoms with E-state index in [2.05, 4.69) is 4.99 Å². The van der Waals surface area contributed by atoms with Gasteiger partial charge in [-0.25, -0.2) is 4.39 Å². The molecule has 3 rings (SSSR count). The zero-order valence-electron chi connectivity index (χ0n) is 12.2. The second-order valence-electron chi connectivity index (χ2n) is 5.01. The molecule has 6 heteroatoms. The van der Waals surface area contributed by atoms with Crippen molar-refractivity contribution in [1.82, 2.24) is 4.90 Å². The Kier molecular flexibility index (Phi) is 4.98. The second kappa shape index (κ2) is 7.15. The largest absolute Gasteiger partial charge is 0.286 e. The lowest BCUT2D eigenvalue weighted by molar-refractivity contribution is 0.0860. The number of thioether (sulfide) groups is 1. The molecule has 0 saturated heterocycles. The maximum atomic E-state index is 13.0. The molecule has 118 valence electrons. The molecule has 0 bridgehead atoms. The molecule has 0 aromatic heterocycles. The van der Waals surface area contributed by atoms with Gasteiger partial charge in [0.25, 0.3) is 5.91 Å². The Morgan fingerprint density at radius 2 is 1.96 bits per heavy atom. The first-order chi connectivity index (χ1) is 11.1. The summed E-state index contributed by atoms with van der Waals surface area (Å²) in [5.41, 5.74) is 1.46. The number of carbonyl (C=O) groups excluding carboxylic acids is 1. The summed E-state index contributed by atoms with van der Waals surface area (Å²) in [5.74, 6) is 0.129. The molecule has 3 nitrogen and oxygen atoms in total. The Labute approximate surface area is 143 Å². The summed E-state index contributed by atoms with van der Waals surface area (Å²) in [7, 11) is 0. The number of benzene rings is 2. The van der Waals surface area contributed by atoms with Gasteiger partial charge in [-0.1, -0.05) is 41.6 Å². The molecule has 2 aromatic carbocycles. The highest BCUT2D eigenvalue weighted by atomic mass is 35.5. The average molecular weight is 349 g/mol. The molecule has 1 aliphatic rings. The Balaban J connectivity index is 1.69. The van der Waals surface area contributed by atoms with Crippen molar-refractivity contribution < 1.29 is 9.18 Å². The van der Waals surface area contributed by atoms with Gasteiger partial charge in [-0.2, -0.15) is 0 Å². The van der Waals surface area contributed by atoms with Crippen LogP contribution < -0.4 is 0 Å². The predicted octanol–water partition coefficient (Wildman–Crippen LogP) is 4.22. The molecule has 0 saturated carbocycles. The zero-order chi connectivity index (χ0) is 16.2. The Hall–Kier alpha value is -1.85. The average Bonchev–Trinajstić information content (AvgIpc) is 3.02. The molecule has 0 N–H and O–H groups in total. The van der Waals surface area contributed by atoms with Gasteiger partial charge >= 0.3 is 0 Å². The summed E-state index contributed by atoms with van der Waals surface area (Å²) >= 11 is 7.63. The number of amides is 1. The molecule has 1 amide bonds. The fourth-order valence-corrected chi connectivity index (χ4v) is 3.58. The van der Waals surface area contributed by atoms with Crippen LogP contribution in [0.25, 0.3) is 0 Å². The number of aliphatic imine (C=N–C) groups is 1. The van der Waals surface area contributed by atoms with Crippen LogP contribution >= 0.6 is 23.4 Å². The van der Waals surface area contributed by atoms with Crippen molar-refractivity contribution in [2.24, 2.45) is 4.99 Å². The van der Waals surface area contributed by atoms with Crippen molar-refractivity contribution in [1.29, 1.82) is 0 Å². The minimum absolute atomic E-state index is 0.159. The topological polar surface area (TPSA) is 32.7 Å². The van der Waals surface area contributed by atoms with Crippen LogP contribution in [0.3, 0.4) is 0 Å². The molecular weight excluding hydrogens is 335 g/mol. The number of halogens is 2. The third-order valence-corrected chi connectivity index (χ3v) is 4.88. The summed E-state index contributed by atoms with van der Waals surface area (Å²) in [4.78, 5) is 18.6. The summed E-state index contributed by atoms with van der Waals surface area (Å²) < 4.78 is 13.0. The lowest BCUT2D eigenvalue weighted by Crippen LogP contribution is -2.32. The molecule has 0 aliphatic carbocycles. The lowest BCUT2D eigenvalue weighted by atomic mass is 10.2. The van der Waals surface area contributed by atoms with Gasteiger partial charge in [0.2, 0.25) is 0 Å². The summed E-state index contributed by atoms with van der Waals surface area (Å²) in [6, 6.07) is 13.2. The first-order valence-electron chi connectivity index (χ1n) is 7.13. The molecule has 1 aliphatic heterocycles. The van der Waals surface area contributed by atoms with Crippen LogP contribution in [0, 0.1) is 5.82 Å². The number of hydrogen-bond donors (Lipinski definition) is 0. The highest BCUT2D eigenvalue weighted by molar-refractivity contribution is 8.13. The van der Waals surface area contributed by atoms with Crippen molar-refractivity contribution >= 4 is 34.4 Å². The maximum Gasteiger partial charge on any atom is 0.259 e. The van der Waals surface area contributed by atoms with E-state index < -0.39 is 0 Å². The van der Waals surface area contributed by atoms with Gasteiger partial charge in [-0.3, -0.25) is 14.7 Å². The molecule has 0 atom stereocenters. The van der Waals surface area contributed by atoms with Crippen LogP contribution in [-0.2, 0) is 5.75 Å². The van der Waals surface area contributed by atoms with Crippen LogP contribution in [0.5, 0.6) is 0 Å². The smallest absolute Gasteiger partial charge is 0.259 e. The van der Waals surface area contributed by atoms with E-state index in [1.807, 2.05) is 24.3 Å². The van der Waals surface area contributed by atoms with E-state index in [0.29, 0.717) is 34.6 Å². The molecule has 0 radical (unpaired) electrons. The summed E-state index contributed by atoms with van der Waals surface area (Å²) in [6.07, 6.45) is 0. The number of rotatable bonds is 3. The minimum Gasteiger partial charge on any atom is -0.286 e. The van der Waals surface area contributed by atoms with Crippen molar-refractivity contribution in [2.45, 2.75) is 5.75 Å². The van der Waals surface area contributed by atoms with Gasteiger partial charge in [0.1, 0.15) is 5.82 Å². The predicted molar refractivity (Wildman–Crippen MR) is 92.5 cm³/mol. The first kappa shape index (κ1) is 16.0. The number of nitrogens with zero attached hydrogens (tertiary/aromatic N) is 2. The van der Waals surface area contributed by atoms with E-state index in [1.165, 1.54) is 36.0 Å². The van der Waals surface area contributed by atoms with Crippen molar-refractivity contribution in [2.75, 3.05) is 13.1 Å². The van der Waals surface area contributed by atoms with Crippen LogP contribution in [0.15, 0.2) is 53.5 Å². The van der Waals surface area contributed by atoms with Gasteiger partial charge in [-0.15, -0.1) is 0 Å². The molecular formula is C17H14ClFN2OS. The SMILES string of the molecule is O=C(c1ccc(F)cc1)N1CCN=C1SCc1ccccc1Cl. The minimum atomic E-state index is -0.357. The first-order valence-corrected chi connectivity index (χ1v) is 8.49. The zero-order valence-corrected chi connectivity index (χ0v) is 13.8. The molecule has 0 spiro atoms. The number of amidine groups is 1. The van der Waals surface area contributed by atoms with Gasteiger partial charge in [0, 0.05) is 22.9 Å². The Bertz CT molecular complexity index is 749. The highest BCUT2D eigenvalue weighted by Crippen LogP contribution is 2.25. The molecule has 0 fully saturated rings. The molecule has 0 unspecified atom stereocenters. The van der Waals surface area contributed by atoms with Gasteiger partial charge < -0.3 is 0 Å². The van der Waals surface area contributed by atoms with E-state index in [-0.39, 0.29) is 11.7 Å². The molecule has 23 heavy (non-hydrogen) atoms. The van der Waals surface area contributed by atoms with Crippen molar-refractivity contribution in [3.8, 4) is 0 Å². The third kappa shape index (κ3) is 3.74. The molecule has 1 heterocycles. The number of carbonyl (C=O) groups is 1. The maximum absolute atomic E-state index is 13.0. The van der Waals surface area contributed by atoms with Crippen LogP contribution in [0.4, 0.5) is 4.39 Å². The van der Waals surface area contributed by atoms with Gasteiger partial charge in [0.05, 0.1) is 6.54 Å². The van der Waals surface area contributed by atoms with E-state index in [9.17, 15) is 9.18 Å². The van der Waals surface area contributed by atoms with Gasteiger partial charge in [0.15, 0.2) is 5.17 Å². The lowest BCUT2D eigenvalue weighted by Gasteiger charge is -2.18. The van der Waals surface area contributed by atoms with E-state index >= 15 is 0 Å². The fraction of sp³-hybridized carbons (Fsp3) is 0.176. The summed E-state index contributed by atoms with van der Waals surface area (Å²) in [5, 5.41) is 1.38. The van der Waals surface area contributed by atoms with Crippen molar-refractivity contribution in [3.05, 3.63) is 70.5 Å². The van der Waals surface area contributed by atoms with Crippen LogP contribution in [-0.4, -0.2) is 29.1 Å². The third-order valence-electron chi connectivity index (χ3n) is 3.45. The van der Waals surface area contributed by atoms with E-state index in [4.69, 9.17) is 11.6 Å². The normalized spacial score (nSPS) is 14.0. The van der Waals surface area contributed by atoms with E-state index in [0.717, 1.165) is 5.56 Å². The quantitative estimate of drug-likeness (QED) is 0.831. The van der Waals surface area contributed by atoms with Crippen molar-refractivity contribution in [3.63, 3.8) is 0 Å².